The van der Waals surface area contributed by atoms with Gasteiger partial charge in [0.25, 0.3) is 10.0 Å². The lowest BCUT2D eigenvalue weighted by Gasteiger charge is -2.37. The minimum Gasteiger partial charge on any atom is -0.444 e. The highest BCUT2D eigenvalue weighted by Crippen LogP contribution is 2.25. The summed E-state index contributed by atoms with van der Waals surface area (Å²) < 4.78 is 33.6. The van der Waals surface area contributed by atoms with Crippen molar-refractivity contribution >= 4 is 21.4 Å². The maximum atomic E-state index is 12.8. The Balaban J connectivity index is 1.52. The monoisotopic (exact) mass is 412 g/mol. The van der Waals surface area contributed by atoms with Crippen LogP contribution in [0.1, 0.15) is 13.8 Å². The third-order valence-electron chi connectivity index (χ3n) is 4.90. The summed E-state index contributed by atoms with van der Waals surface area (Å²) in [5.74, 6) is 0.592. The van der Waals surface area contributed by atoms with Crippen LogP contribution in [0.25, 0.3) is 11.3 Å². The van der Waals surface area contributed by atoms with Gasteiger partial charge in [0.05, 0.1) is 16.8 Å². The fraction of sp³-hybridized carbons (Fsp3) is 0.286. The van der Waals surface area contributed by atoms with Gasteiger partial charge in [-0.25, -0.2) is 13.4 Å². The van der Waals surface area contributed by atoms with Crippen LogP contribution < -0.4 is 14.9 Å². The molecular formula is C21H24N4O3S. The summed E-state index contributed by atoms with van der Waals surface area (Å²) in [6.45, 7) is 6.06. The van der Waals surface area contributed by atoms with E-state index in [0.717, 1.165) is 24.3 Å². The molecule has 0 unspecified atom stereocenters. The number of anilines is 2. The third kappa shape index (κ3) is 4.44. The molecule has 1 aliphatic rings. The smallest absolute Gasteiger partial charge is 0.261 e. The predicted octanol–water partition coefficient (Wildman–Crippen LogP) is 3.33. The molecule has 3 aromatic rings. The Bertz CT molecular complexity index is 1060. The molecule has 1 aromatic heterocycles. The molecule has 0 radical (unpaired) electrons. The highest BCUT2D eigenvalue weighted by atomic mass is 32.2. The van der Waals surface area contributed by atoms with Gasteiger partial charge in [-0.05, 0) is 56.3 Å². The average Bonchev–Trinajstić information content (AvgIpc) is 3.22. The molecule has 2 N–H and O–H groups in total. The van der Waals surface area contributed by atoms with Crippen LogP contribution in [0.4, 0.5) is 11.4 Å². The van der Waals surface area contributed by atoms with E-state index in [1.165, 1.54) is 6.39 Å². The molecule has 2 atom stereocenters. The lowest BCUT2D eigenvalue weighted by atomic mass is 10.1. The van der Waals surface area contributed by atoms with Gasteiger partial charge in [-0.15, -0.1) is 0 Å². The number of nitrogens with zero attached hydrogens (tertiary/aromatic N) is 2. The van der Waals surface area contributed by atoms with Crippen molar-refractivity contribution in [3.8, 4) is 11.3 Å². The average molecular weight is 413 g/mol. The van der Waals surface area contributed by atoms with E-state index in [1.54, 1.807) is 36.5 Å². The Morgan fingerprint density at radius 2 is 1.83 bits per heavy atom. The molecule has 29 heavy (non-hydrogen) atoms. The van der Waals surface area contributed by atoms with Crippen molar-refractivity contribution in [3.63, 3.8) is 0 Å². The minimum atomic E-state index is -3.70. The molecular weight excluding hydrogens is 388 g/mol. The van der Waals surface area contributed by atoms with Gasteiger partial charge in [0.1, 0.15) is 0 Å². The Hall–Kier alpha value is -2.84. The SMILES string of the molecule is C[C@@H]1CN(c2cccc(NS(=O)(=O)c3ccc(-c4cnco4)cc3)c2)C[C@H](C)N1. The number of hydrogen-bond acceptors (Lipinski definition) is 6. The standard InChI is InChI=1S/C21H24N4O3S/c1-15-12-25(13-16(2)23-15)19-5-3-4-18(10-19)24-29(26,27)20-8-6-17(7-9-20)21-11-22-14-28-21/h3-11,14-16,23-24H,12-13H2,1-2H3/t15-,16+. The van der Waals surface area contributed by atoms with Crippen molar-refractivity contribution in [2.45, 2.75) is 30.8 Å². The first kappa shape index (κ1) is 19.5. The second-order valence-electron chi connectivity index (χ2n) is 7.42. The third-order valence-corrected chi connectivity index (χ3v) is 6.30. The van der Waals surface area contributed by atoms with E-state index in [-0.39, 0.29) is 4.90 Å². The summed E-state index contributed by atoms with van der Waals surface area (Å²) in [5, 5.41) is 3.50. The van der Waals surface area contributed by atoms with E-state index >= 15 is 0 Å². The maximum Gasteiger partial charge on any atom is 0.261 e. The van der Waals surface area contributed by atoms with Crippen LogP contribution in [-0.2, 0) is 10.0 Å². The van der Waals surface area contributed by atoms with Gasteiger partial charge in [-0.3, -0.25) is 4.72 Å². The summed E-state index contributed by atoms with van der Waals surface area (Å²) in [6.07, 6.45) is 2.93. The Morgan fingerprint density at radius 1 is 1.10 bits per heavy atom. The molecule has 0 saturated carbocycles. The Kier molecular flexibility index (Phi) is 5.29. The van der Waals surface area contributed by atoms with Crippen molar-refractivity contribution in [2.24, 2.45) is 0 Å². The first-order valence-electron chi connectivity index (χ1n) is 9.53. The molecule has 0 aliphatic carbocycles. The summed E-state index contributed by atoms with van der Waals surface area (Å²) in [7, 11) is -3.70. The van der Waals surface area contributed by atoms with Gasteiger partial charge in [-0.1, -0.05) is 6.07 Å². The zero-order chi connectivity index (χ0) is 20.4. The molecule has 0 amide bonds. The number of sulfonamides is 1. The van der Waals surface area contributed by atoms with Gasteiger partial charge in [0, 0.05) is 36.4 Å². The topological polar surface area (TPSA) is 87.5 Å². The van der Waals surface area contributed by atoms with E-state index in [2.05, 4.69) is 33.8 Å². The fourth-order valence-corrected chi connectivity index (χ4v) is 4.72. The molecule has 1 aliphatic heterocycles. The van der Waals surface area contributed by atoms with Crippen LogP contribution in [0.2, 0.25) is 0 Å². The van der Waals surface area contributed by atoms with E-state index < -0.39 is 10.0 Å². The van der Waals surface area contributed by atoms with Crippen LogP contribution in [0.5, 0.6) is 0 Å². The lowest BCUT2D eigenvalue weighted by Crippen LogP contribution is -2.54. The largest absolute Gasteiger partial charge is 0.444 e. The van der Waals surface area contributed by atoms with E-state index in [1.807, 2.05) is 18.2 Å². The first-order chi connectivity index (χ1) is 13.9. The van der Waals surface area contributed by atoms with Crippen molar-refractivity contribution in [1.82, 2.24) is 10.3 Å². The van der Waals surface area contributed by atoms with Crippen molar-refractivity contribution in [2.75, 3.05) is 22.7 Å². The number of nitrogens with one attached hydrogen (secondary N) is 2. The molecule has 1 fully saturated rings. The highest BCUT2D eigenvalue weighted by Gasteiger charge is 2.22. The zero-order valence-corrected chi connectivity index (χ0v) is 17.2. The molecule has 152 valence electrons. The van der Waals surface area contributed by atoms with E-state index in [0.29, 0.717) is 23.5 Å². The highest BCUT2D eigenvalue weighted by molar-refractivity contribution is 7.92. The lowest BCUT2D eigenvalue weighted by molar-refractivity contribution is 0.407. The number of aromatic nitrogens is 1. The minimum absolute atomic E-state index is 0.190. The normalized spacial score (nSPS) is 19.9. The number of oxazole rings is 1. The number of piperazine rings is 1. The van der Waals surface area contributed by atoms with Gasteiger partial charge in [0.2, 0.25) is 0 Å². The number of benzene rings is 2. The van der Waals surface area contributed by atoms with Crippen LogP contribution in [0.15, 0.2) is 70.4 Å². The van der Waals surface area contributed by atoms with Crippen molar-refractivity contribution < 1.29 is 12.8 Å². The van der Waals surface area contributed by atoms with Crippen LogP contribution in [-0.4, -0.2) is 38.6 Å². The summed E-state index contributed by atoms with van der Waals surface area (Å²) >= 11 is 0. The molecule has 0 spiro atoms. The molecule has 8 heteroatoms. The predicted molar refractivity (Wildman–Crippen MR) is 113 cm³/mol. The van der Waals surface area contributed by atoms with Crippen molar-refractivity contribution in [1.29, 1.82) is 0 Å². The second kappa shape index (κ2) is 7.88. The van der Waals surface area contributed by atoms with Crippen molar-refractivity contribution in [3.05, 3.63) is 61.1 Å². The van der Waals surface area contributed by atoms with Gasteiger partial charge >= 0.3 is 0 Å². The van der Waals surface area contributed by atoms with E-state index in [9.17, 15) is 8.42 Å². The fourth-order valence-electron chi connectivity index (χ4n) is 3.67. The summed E-state index contributed by atoms with van der Waals surface area (Å²) in [4.78, 5) is 6.34. The second-order valence-corrected chi connectivity index (χ2v) is 9.10. The molecule has 4 rings (SSSR count). The van der Waals surface area contributed by atoms with Crippen LogP contribution in [0.3, 0.4) is 0 Å². The first-order valence-corrected chi connectivity index (χ1v) is 11.0. The molecule has 0 bridgehead atoms. The maximum absolute atomic E-state index is 12.8. The van der Waals surface area contributed by atoms with E-state index in [4.69, 9.17) is 4.42 Å². The number of rotatable bonds is 5. The molecule has 2 aromatic carbocycles. The summed E-state index contributed by atoms with van der Waals surface area (Å²) in [6, 6.07) is 14.8. The number of hydrogen-bond donors (Lipinski definition) is 2. The Labute approximate surface area is 170 Å². The summed E-state index contributed by atoms with van der Waals surface area (Å²) in [5.41, 5.74) is 2.32. The quantitative estimate of drug-likeness (QED) is 0.668. The molecule has 2 heterocycles. The molecule has 7 nitrogen and oxygen atoms in total. The Morgan fingerprint density at radius 3 is 2.48 bits per heavy atom. The molecule has 1 saturated heterocycles. The zero-order valence-electron chi connectivity index (χ0n) is 16.4. The van der Waals surface area contributed by atoms with Crippen LogP contribution in [0, 0.1) is 0 Å². The van der Waals surface area contributed by atoms with Gasteiger partial charge in [0.15, 0.2) is 12.2 Å². The van der Waals surface area contributed by atoms with Crippen LogP contribution >= 0.6 is 0 Å². The van der Waals surface area contributed by atoms with Gasteiger partial charge < -0.3 is 14.6 Å². The van der Waals surface area contributed by atoms with Gasteiger partial charge in [-0.2, -0.15) is 0 Å².